The van der Waals surface area contributed by atoms with Crippen molar-refractivity contribution in [1.82, 2.24) is 19.9 Å². The van der Waals surface area contributed by atoms with E-state index in [1.807, 2.05) is 12.1 Å². The second kappa shape index (κ2) is 6.11. The van der Waals surface area contributed by atoms with Crippen LogP contribution in [0.2, 0.25) is 0 Å². The Balaban J connectivity index is 1.76. The van der Waals surface area contributed by atoms with Gasteiger partial charge in [-0.3, -0.25) is 4.90 Å². The van der Waals surface area contributed by atoms with E-state index in [0.717, 1.165) is 11.1 Å². The van der Waals surface area contributed by atoms with Crippen LogP contribution < -0.4 is 4.74 Å². The highest BCUT2D eigenvalue weighted by atomic mass is 19.4. The molecule has 3 heterocycles. The lowest BCUT2D eigenvalue weighted by molar-refractivity contribution is -0.145. The molecule has 5 nitrogen and oxygen atoms in total. The Kier molecular flexibility index (Phi) is 4.16. The third-order valence-corrected chi connectivity index (χ3v) is 3.70. The van der Waals surface area contributed by atoms with Gasteiger partial charge >= 0.3 is 6.18 Å². The fourth-order valence-corrected chi connectivity index (χ4v) is 2.62. The molecule has 0 bridgehead atoms. The van der Waals surface area contributed by atoms with Gasteiger partial charge < -0.3 is 4.74 Å². The number of rotatable bonds is 3. The number of methoxy groups -OCH3 is 1. The highest BCUT2D eigenvalue weighted by molar-refractivity contribution is 5.26. The summed E-state index contributed by atoms with van der Waals surface area (Å²) in [7, 11) is 1.56. The summed E-state index contributed by atoms with van der Waals surface area (Å²) in [4.78, 5) is 13.4. The number of fused-ring (bicyclic) bond motifs is 1. The third kappa shape index (κ3) is 3.42. The molecule has 0 aromatic carbocycles. The highest BCUT2D eigenvalue weighted by Gasteiger charge is 2.35. The topological polar surface area (TPSA) is 51.1 Å². The van der Waals surface area contributed by atoms with Gasteiger partial charge in [0.05, 0.1) is 12.8 Å². The smallest absolute Gasteiger partial charge is 0.451 e. The van der Waals surface area contributed by atoms with E-state index in [2.05, 4.69) is 19.9 Å². The van der Waals surface area contributed by atoms with Crippen LogP contribution in [0.15, 0.2) is 24.5 Å². The molecule has 0 radical (unpaired) electrons. The van der Waals surface area contributed by atoms with Crippen molar-refractivity contribution in [2.75, 3.05) is 13.7 Å². The van der Waals surface area contributed by atoms with Gasteiger partial charge in [0.1, 0.15) is 0 Å². The summed E-state index contributed by atoms with van der Waals surface area (Å²) in [6.45, 7) is 1.74. The van der Waals surface area contributed by atoms with E-state index in [-0.39, 0.29) is 0 Å². The number of hydrogen-bond acceptors (Lipinski definition) is 5. The Morgan fingerprint density at radius 1 is 1.30 bits per heavy atom. The zero-order chi connectivity index (χ0) is 16.4. The van der Waals surface area contributed by atoms with Crippen molar-refractivity contribution in [3.63, 3.8) is 0 Å². The van der Waals surface area contributed by atoms with Crippen LogP contribution in [0.1, 0.15) is 22.6 Å². The van der Waals surface area contributed by atoms with Crippen molar-refractivity contribution >= 4 is 0 Å². The largest absolute Gasteiger partial charge is 0.481 e. The van der Waals surface area contributed by atoms with E-state index in [9.17, 15) is 13.2 Å². The van der Waals surface area contributed by atoms with Crippen LogP contribution in [0.3, 0.4) is 0 Å². The van der Waals surface area contributed by atoms with Crippen molar-refractivity contribution < 1.29 is 17.9 Å². The van der Waals surface area contributed by atoms with E-state index < -0.39 is 12.0 Å². The first kappa shape index (κ1) is 15.7. The summed E-state index contributed by atoms with van der Waals surface area (Å²) >= 11 is 0. The number of hydrogen-bond donors (Lipinski definition) is 0. The first-order valence-corrected chi connectivity index (χ1v) is 7.09. The molecular weight excluding hydrogens is 309 g/mol. The third-order valence-electron chi connectivity index (χ3n) is 3.70. The number of nitrogens with zero attached hydrogens (tertiary/aromatic N) is 4. The average Bonchev–Trinajstić information content (AvgIpc) is 2.54. The highest BCUT2D eigenvalue weighted by Crippen LogP contribution is 2.28. The van der Waals surface area contributed by atoms with Gasteiger partial charge in [0.15, 0.2) is 0 Å². The van der Waals surface area contributed by atoms with E-state index in [1.54, 1.807) is 13.3 Å². The predicted octanol–water partition coefficient (Wildman–Crippen LogP) is 2.46. The van der Waals surface area contributed by atoms with Gasteiger partial charge in [0.25, 0.3) is 0 Å². The minimum absolute atomic E-state index is 0.462. The summed E-state index contributed by atoms with van der Waals surface area (Å²) in [5.41, 5.74) is 2.14. The number of aromatic nitrogens is 3. The van der Waals surface area contributed by atoms with E-state index in [4.69, 9.17) is 4.74 Å². The molecule has 0 saturated heterocycles. The lowest BCUT2D eigenvalue weighted by atomic mass is 10.1. The normalized spacial score (nSPS) is 15.3. The first-order valence-electron chi connectivity index (χ1n) is 7.09. The van der Waals surface area contributed by atoms with Crippen LogP contribution in [-0.2, 0) is 25.7 Å². The minimum atomic E-state index is -4.50. The lowest BCUT2D eigenvalue weighted by Gasteiger charge is -2.28. The molecule has 0 amide bonds. The van der Waals surface area contributed by atoms with Crippen molar-refractivity contribution in [2.24, 2.45) is 0 Å². The molecular formula is C15H15F3N4O. The zero-order valence-electron chi connectivity index (χ0n) is 12.5. The maximum Gasteiger partial charge on any atom is 0.451 e. The Labute approximate surface area is 131 Å². The number of alkyl halides is 3. The van der Waals surface area contributed by atoms with Crippen LogP contribution in [0.5, 0.6) is 5.88 Å². The second-order valence-electron chi connectivity index (χ2n) is 5.30. The van der Waals surface area contributed by atoms with Crippen LogP contribution in [0, 0.1) is 0 Å². The molecule has 2 aromatic rings. The summed E-state index contributed by atoms with van der Waals surface area (Å²) in [5, 5.41) is 0. The van der Waals surface area contributed by atoms with Gasteiger partial charge in [-0.25, -0.2) is 15.0 Å². The molecule has 23 heavy (non-hydrogen) atoms. The molecule has 1 aliphatic heterocycles. The molecule has 8 heteroatoms. The Bertz CT molecular complexity index is 705. The van der Waals surface area contributed by atoms with Gasteiger partial charge in [-0.05, 0) is 6.07 Å². The fraction of sp³-hybridized carbons (Fsp3) is 0.400. The first-order chi connectivity index (χ1) is 11.0. The van der Waals surface area contributed by atoms with Gasteiger partial charge in [-0.2, -0.15) is 13.2 Å². The molecule has 0 spiro atoms. The zero-order valence-corrected chi connectivity index (χ0v) is 12.5. The van der Waals surface area contributed by atoms with E-state index in [1.165, 1.54) is 6.20 Å². The van der Waals surface area contributed by atoms with Gasteiger partial charge in [0.2, 0.25) is 11.7 Å². The molecule has 2 aromatic heterocycles. The van der Waals surface area contributed by atoms with Crippen molar-refractivity contribution in [2.45, 2.75) is 25.7 Å². The summed E-state index contributed by atoms with van der Waals surface area (Å²) < 4.78 is 43.2. The summed E-state index contributed by atoms with van der Waals surface area (Å²) in [6.07, 6.45) is -1.11. The predicted molar refractivity (Wildman–Crippen MR) is 75.6 cm³/mol. The van der Waals surface area contributed by atoms with Gasteiger partial charge in [-0.1, -0.05) is 6.07 Å². The molecule has 3 rings (SSSR count). The van der Waals surface area contributed by atoms with Gasteiger partial charge in [-0.15, -0.1) is 0 Å². The molecule has 0 N–H and O–H groups in total. The molecule has 0 fully saturated rings. The summed E-state index contributed by atoms with van der Waals surface area (Å²) in [5.74, 6) is -0.513. The molecule has 1 aliphatic rings. The van der Waals surface area contributed by atoms with Crippen LogP contribution in [-0.4, -0.2) is 33.5 Å². The maximum absolute atomic E-state index is 12.6. The molecule has 0 unspecified atom stereocenters. The van der Waals surface area contributed by atoms with Crippen molar-refractivity contribution in [1.29, 1.82) is 0 Å². The standard InChI is InChI=1S/C15H15F3N4O/c1-23-13-10(3-2-5-19-13)8-22-6-4-12-11(9-22)7-20-14(21-12)15(16,17)18/h2-3,5,7H,4,6,8-9H2,1H3. The molecule has 0 saturated carbocycles. The van der Waals surface area contributed by atoms with Crippen LogP contribution >= 0.6 is 0 Å². The lowest BCUT2D eigenvalue weighted by Crippen LogP contribution is -2.31. The molecule has 0 atom stereocenters. The SMILES string of the molecule is COc1ncccc1CN1CCc2nc(C(F)(F)F)ncc2C1. The Morgan fingerprint density at radius 3 is 2.87 bits per heavy atom. The van der Waals surface area contributed by atoms with Gasteiger partial charge in [0, 0.05) is 49.6 Å². The average molecular weight is 324 g/mol. The van der Waals surface area contributed by atoms with Crippen LogP contribution in [0.25, 0.3) is 0 Å². The number of pyridine rings is 1. The van der Waals surface area contributed by atoms with E-state index in [0.29, 0.717) is 37.6 Å². The molecule has 122 valence electrons. The Hall–Kier alpha value is -2.22. The monoisotopic (exact) mass is 324 g/mol. The van der Waals surface area contributed by atoms with E-state index >= 15 is 0 Å². The Morgan fingerprint density at radius 2 is 2.13 bits per heavy atom. The minimum Gasteiger partial charge on any atom is -0.481 e. The summed E-state index contributed by atoms with van der Waals surface area (Å²) in [6, 6.07) is 3.75. The van der Waals surface area contributed by atoms with Crippen LogP contribution in [0.4, 0.5) is 13.2 Å². The quantitative estimate of drug-likeness (QED) is 0.868. The fourth-order valence-electron chi connectivity index (χ4n) is 2.62. The second-order valence-corrected chi connectivity index (χ2v) is 5.30. The number of ether oxygens (including phenoxy) is 1. The van der Waals surface area contributed by atoms with Crippen molar-refractivity contribution in [3.05, 3.63) is 47.2 Å². The number of halogens is 3. The van der Waals surface area contributed by atoms with Crippen molar-refractivity contribution in [3.8, 4) is 5.88 Å². The maximum atomic E-state index is 12.6. The molecule has 0 aliphatic carbocycles.